The van der Waals surface area contributed by atoms with Crippen molar-refractivity contribution in [1.82, 2.24) is 9.55 Å². The number of alkyl halides is 3. The number of carboxylic acids is 1. The average molecular weight is 384 g/mol. The molecule has 12 heteroatoms. The van der Waals surface area contributed by atoms with Crippen LogP contribution in [-0.2, 0) is 6.18 Å². The highest BCUT2D eigenvalue weighted by Gasteiger charge is 2.39. The Morgan fingerprint density at radius 3 is 2.40 bits per heavy atom. The van der Waals surface area contributed by atoms with Gasteiger partial charge in [0.05, 0.1) is 23.8 Å². The number of carbonyl (C=O) groups is 1. The van der Waals surface area contributed by atoms with Crippen molar-refractivity contribution in [2.24, 2.45) is 0 Å². The Balaban J connectivity index is 2.90. The molecule has 0 saturated heterocycles. The molecule has 0 saturated carbocycles. The van der Waals surface area contributed by atoms with Crippen LogP contribution in [0, 0.1) is 11.6 Å². The third-order valence-electron chi connectivity index (χ3n) is 2.95. The van der Waals surface area contributed by atoms with Crippen LogP contribution in [-0.4, -0.2) is 22.6 Å². The van der Waals surface area contributed by atoms with Gasteiger partial charge in [0.2, 0.25) is 5.82 Å². The van der Waals surface area contributed by atoms with Crippen molar-refractivity contribution in [3.05, 3.63) is 50.4 Å². The Labute approximate surface area is 140 Å². The fraction of sp³-hybridized carbons (Fsp3) is 0.154. The zero-order chi connectivity index (χ0) is 19.1. The van der Waals surface area contributed by atoms with Gasteiger partial charge in [0.25, 0.3) is 5.56 Å². The van der Waals surface area contributed by atoms with E-state index in [4.69, 9.17) is 11.6 Å². The smallest absolute Gasteiger partial charge is 0.436 e. The van der Waals surface area contributed by atoms with Gasteiger partial charge in [0, 0.05) is 5.56 Å². The van der Waals surface area contributed by atoms with E-state index in [0.717, 1.165) is 7.11 Å². The summed E-state index contributed by atoms with van der Waals surface area (Å²) in [5.41, 5.74) is -5.84. The summed E-state index contributed by atoms with van der Waals surface area (Å²) < 4.78 is 70.4. The third-order valence-corrected chi connectivity index (χ3v) is 3.26. The molecule has 0 N–H and O–H groups in total. The summed E-state index contributed by atoms with van der Waals surface area (Å²) in [7, 11) is 0.795. The van der Waals surface area contributed by atoms with Crippen LogP contribution in [0.15, 0.2) is 16.9 Å². The monoisotopic (exact) mass is 383 g/mol. The SMILES string of the molecule is COc1nc(C(F)(F)F)c(F)c(=O)n1-c1cc(C(=O)[O-])c(Cl)cc1F. The van der Waals surface area contributed by atoms with E-state index in [1.807, 2.05) is 0 Å². The van der Waals surface area contributed by atoms with Crippen molar-refractivity contribution in [2.75, 3.05) is 7.11 Å². The van der Waals surface area contributed by atoms with Crippen LogP contribution >= 0.6 is 11.6 Å². The maximum atomic E-state index is 14.1. The summed E-state index contributed by atoms with van der Waals surface area (Å²) in [6.07, 6.45) is -5.32. The molecular weight excluding hydrogens is 379 g/mol. The second-order valence-electron chi connectivity index (χ2n) is 4.47. The summed E-state index contributed by atoms with van der Waals surface area (Å²) >= 11 is 5.50. The quantitative estimate of drug-likeness (QED) is 0.751. The van der Waals surface area contributed by atoms with Gasteiger partial charge < -0.3 is 14.6 Å². The molecule has 0 aliphatic rings. The normalized spacial score (nSPS) is 11.5. The van der Waals surface area contributed by atoms with Crippen molar-refractivity contribution < 1.29 is 36.6 Å². The first kappa shape index (κ1) is 18.6. The van der Waals surface area contributed by atoms with Gasteiger partial charge in [0.15, 0.2) is 5.69 Å². The van der Waals surface area contributed by atoms with E-state index in [0.29, 0.717) is 12.1 Å². The highest BCUT2D eigenvalue weighted by Crippen LogP contribution is 2.31. The Bertz CT molecular complexity index is 926. The Kier molecular flexibility index (Phi) is 4.71. The molecule has 1 aromatic heterocycles. The molecule has 1 heterocycles. The third kappa shape index (κ3) is 3.27. The minimum Gasteiger partial charge on any atom is -0.545 e. The first-order valence-corrected chi connectivity index (χ1v) is 6.51. The number of benzene rings is 1. The number of methoxy groups -OCH3 is 1. The van der Waals surface area contributed by atoms with Gasteiger partial charge in [0.1, 0.15) is 5.82 Å². The summed E-state index contributed by atoms with van der Waals surface area (Å²) in [5.74, 6) is -5.52. The van der Waals surface area contributed by atoms with Crippen molar-refractivity contribution in [2.45, 2.75) is 6.18 Å². The van der Waals surface area contributed by atoms with E-state index in [1.54, 1.807) is 0 Å². The van der Waals surface area contributed by atoms with Crippen molar-refractivity contribution >= 4 is 17.6 Å². The highest BCUT2D eigenvalue weighted by molar-refractivity contribution is 6.33. The predicted octanol–water partition coefficient (Wildman–Crippen LogP) is 1.55. The molecule has 2 aromatic rings. The maximum absolute atomic E-state index is 14.1. The van der Waals surface area contributed by atoms with Gasteiger partial charge in [-0.25, -0.2) is 8.96 Å². The van der Waals surface area contributed by atoms with Crippen LogP contribution in [0.25, 0.3) is 5.69 Å². The molecule has 6 nitrogen and oxygen atoms in total. The van der Waals surface area contributed by atoms with Gasteiger partial charge in [-0.1, -0.05) is 11.6 Å². The first-order chi connectivity index (χ1) is 11.5. The number of halogens is 6. The van der Waals surface area contributed by atoms with Crippen LogP contribution in [0.1, 0.15) is 16.1 Å². The van der Waals surface area contributed by atoms with Crippen LogP contribution in [0.3, 0.4) is 0 Å². The van der Waals surface area contributed by atoms with Crippen LogP contribution in [0.5, 0.6) is 6.01 Å². The fourth-order valence-corrected chi connectivity index (χ4v) is 2.11. The molecule has 25 heavy (non-hydrogen) atoms. The van der Waals surface area contributed by atoms with Crippen molar-refractivity contribution in [3.8, 4) is 11.7 Å². The molecule has 0 aliphatic heterocycles. The van der Waals surface area contributed by atoms with E-state index in [1.165, 1.54) is 0 Å². The average Bonchev–Trinajstić information content (AvgIpc) is 2.49. The topological polar surface area (TPSA) is 84.2 Å². The maximum Gasteiger partial charge on any atom is 0.436 e. The number of nitrogens with zero attached hydrogens (tertiary/aromatic N) is 2. The van der Waals surface area contributed by atoms with Gasteiger partial charge in [-0.2, -0.15) is 22.5 Å². The number of carbonyl (C=O) groups excluding carboxylic acids is 1. The van der Waals surface area contributed by atoms with E-state index in [9.17, 15) is 36.6 Å². The van der Waals surface area contributed by atoms with Crippen LogP contribution in [0.2, 0.25) is 5.02 Å². The largest absolute Gasteiger partial charge is 0.545 e. The lowest BCUT2D eigenvalue weighted by Gasteiger charge is -2.16. The summed E-state index contributed by atoms with van der Waals surface area (Å²) in [5, 5.41) is 10.3. The number of carboxylic acid groups (broad SMARTS) is 1. The minimum atomic E-state index is -5.32. The molecule has 0 amide bonds. The van der Waals surface area contributed by atoms with E-state index >= 15 is 0 Å². The molecule has 0 radical (unpaired) electrons. The second kappa shape index (κ2) is 6.31. The van der Waals surface area contributed by atoms with E-state index in [-0.39, 0.29) is 4.57 Å². The molecule has 1 aromatic carbocycles. The Morgan fingerprint density at radius 2 is 1.92 bits per heavy atom. The summed E-state index contributed by atoms with van der Waals surface area (Å²) in [4.78, 5) is 25.7. The second-order valence-corrected chi connectivity index (χ2v) is 4.88. The molecular formula is C13H5ClF5N2O4-. The number of aromatic nitrogens is 2. The number of hydrogen-bond acceptors (Lipinski definition) is 5. The van der Waals surface area contributed by atoms with Gasteiger partial charge in [-0.3, -0.25) is 4.79 Å². The predicted molar refractivity (Wildman–Crippen MR) is 70.6 cm³/mol. The minimum absolute atomic E-state index is 0.00265. The standard InChI is InChI=1S/C13H6ClF5N2O4/c1-25-12-20-9(13(17,18)19)8(16)10(22)21(12)7-2-4(11(23)24)5(14)3-6(7)15/h2-3H,1H3,(H,23,24)/p-1. The Hall–Kier alpha value is -2.69. The zero-order valence-electron chi connectivity index (χ0n) is 11.9. The zero-order valence-corrected chi connectivity index (χ0v) is 12.7. The lowest BCUT2D eigenvalue weighted by molar-refractivity contribution is -0.255. The number of rotatable bonds is 3. The van der Waals surface area contributed by atoms with Crippen molar-refractivity contribution in [3.63, 3.8) is 0 Å². The molecule has 0 atom stereocenters. The first-order valence-electron chi connectivity index (χ1n) is 6.13. The lowest BCUT2D eigenvalue weighted by Crippen LogP contribution is -2.30. The van der Waals surface area contributed by atoms with E-state index < -0.39 is 57.3 Å². The number of aromatic carboxylic acids is 1. The molecule has 0 fully saturated rings. The number of ether oxygens (including phenoxy) is 1. The molecule has 2 rings (SSSR count). The molecule has 134 valence electrons. The van der Waals surface area contributed by atoms with Crippen molar-refractivity contribution in [1.29, 1.82) is 0 Å². The molecule has 0 unspecified atom stereocenters. The fourth-order valence-electron chi connectivity index (χ4n) is 1.88. The van der Waals surface area contributed by atoms with Crippen LogP contribution < -0.4 is 15.4 Å². The van der Waals surface area contributed by atoms with Gasteiger partial charge in [-0.15, -0.1) is 0 Å². The van der Waals surface area contributed by atoms with Gasteiger partial charge >= 0.3 is 12.2 Å². The number of hydrogen-bond donors (Lipinski definition) is 0. The van der Waals surface area contributed by atoms with E-state index in [2.05, 4.69) is 9.72 Å². The lowest BCUT2D eigenvalue weighted by atomic mass is 10.2. The molecule has 0 aliphatic carbocycles. The molecule has 0 bridgehead atoms. The summed E-state index contributed by atoms with van der Waals surface area (Å²) in [6.45, 7) is 0. The Morgan fingerprint density at radius 1 is 1.32 bits per heavy atom. The molecule has 0 spiro atoms. The highest BCUT2D eigenvalue weighted by atomic mass is 35.5. The summed E-state index contributed by atoms with van der Waals surface area (Å²) in [6, 6.07) is -0.182. The van der Waals surface area contributed by atoms with Gasteiger partial charge in [-0.05, 0) is 12.1 Å². The van der Waals surface area contributed by atoms with Crippen LogP contribution in [0.4, 0.5) is 22.0 Å².